The van der Waals surface area contributed by atoms with Gasteiger partial charge in [-0.3, -0.25) is 19.8 Å². The summed E-state index contributed by atoms with van der Waals surface area (Å²) in [7, 11) is 0. The molecule has 5 nitrogen and oxygen atoms in total. The first-order valence-electron chi connectivity index (χ1n) is 4.97. The highest BCUT2D eigenvalue weighted by Crippen LogP contribution is 2.29. The van der Waals surface area contributed by atoms with Crippen molar-refractivity contribution in [3.8, 4) is 0 Å². The number of rotatable bonds is 2. The summed E-state index contributed by atoms with van der Waals surface area (Å²) >= 11 is 0. The van der Waals surface area contributed by atoms with Gasteiger partial charge in [-0.25, -0.2) is 5.01 Å². The van der Waals surface area contributed by atoms with E-state index in [4.69, 9.17) is 0 Å². The summed E-state index contributed by atoms with van der Waals surface area (Å²) < 4.78 is 0. The quantitative estimate of drug-likeness (QED) is 0.602. The second-order valence-corrected chi connectivity index (χ2v) is 3.62. The molecule has 0 saturated heterocycles. The monoisotopic (exact) mass is 230 g/mol. The van der Waals surface area contributed by atoms with Crippen molar-refractivity contribution in [1.82, 2.24) is 5.43 Å². The van der Waals surface area contributed by atoms with Gasteiger partial charge in [0.25, 0.3) is 11.7 Å². The molecule has 0 radical (unpaired) electrons. The topological polar surface area (TPSA) is 66.5 Å². The predicted octanol–water partition coefficient (Wildman–Crippen LogP) is 0.742. The molecule has 1 aliphatic rings. The van der Waals surface area contributed by atoms with Crippen LogP contribution < -0.4 is 10.4 Å². The van der Waals surface area contributed by atoms with Crippen LogP contribution in [0, 0.1) is 6.92 Å². The summed E-state index contributed by atoms with van der Waals surface area (Å²) in [5.74, 6) is -1.91. The number of nitrogens with zero attached hydrogens (tertiary/aromatic N) is 1. The molecule has 2 rings (SSSR count). The molecule has 1 heterocycles. The van der Waals surface area contributed by atoms with E-state index in [0.29, 0.717) is 16.8 Å². The van der Waals surface area contributed by atoms with Crippen LogP contribution in [0.4, 0.5) is 5.69 Å². The van der Waals surface area contributed by atoms with E-state index in [0.717, 1.165) is 11.1 Å². The van der Waals surface area contributed by atoms with Gasteiger partial charge in [0.15, 0.2) is 0 Å². The number of hydrogen-bond donors (Lipinski definition) is 1. The zero-order chi connectivity index (χ0) is 12.6. The van der Waals surface area contributed by atoms with E-state index in [-0.39, 0.29) is 0 Å². The second kappa shape index (κ2) is 3.86. The highest BCUT2D eigenvalue weighted by Gasteiger charge is 2.37. The molecule has 5 heteroatoms. The first-order valence-corrected chi connectivity index (χ1v) is 4.97. The van der Waals surface area contributed by atoms with Gasteiger partial charge in [-0.05, 0) is 24.6 Å². The summed E-state index contributed by atoms with van der Waals surface area (Å²) in [6, 6.07) is 5.06. The van der Waals surface area contributed by atoms with Gasteiger partial charge >= 0.3 is 5.91 Å². The lowest BCUT2D eigenvalue weighted by atomic mass is 10.1. The van der Waals surface area contributed by atoms with Crippen molar-refractivity contribution < 1.29 is 14.4 Å². The first kappa shape index (κ1) is 11.1. The maximum atomic E-state index is 11.7. The highest BCUT2D eigenvalue weighted by molar-refractivity contribution is 6.52. The van der Waals surface area contributed by atoms with Crippen molar-refractivity contribution in [3.05, 3.63) is 42.0 Å². The van der Waals surface area contributed by atoms with Crippen LogP contribution in [0.2, 0.25) is 0 Å². The van der Waals surface area contributed by atoms with Gasteiger partial charge in [0.05, 0.1) is 11.3 Å². The third-order valence-corrected chi connectivity index (χ3v) is 2.52. The van der Waals surface area contributed by atoms with Crippen molar-refractivity contribution in [1.29, 1.82) is 0 Å². The molecule has 1 aromatic carbocycles. The zero-order valence-electron chi connectivity index (χ0n) is 9.19. The van der Waals surface area contributed by atoms with Crippen LogP contribution in [-0.4, -0.2) is 17.6 Å². The fraction of sp³-hybridized carbons (Fsp3) is 0.0833. The third-order valence-electron chi connectivity index (χ3n) is 2.52. The maximum Gasteiger partial charge on any atom is 0.318 e. The molecule has 0 unspecified atom stereocenters. The Morgan fingerprint density at radius 3 is 2.76 bits per heavy atom. The zero-order valence-corrected chi connectivity index (χ0v) is 9.19. The van der Waals surface area contributed by atoms with E-state index < -0.39 is 17.6 Å². The molecule has 86 valence electrons. The Balaban J connectivity index is 2.48. The van der Waals surface area contributed by atoms with Crippen LogP contribution in [0.25, 0.3) is 0 Å². The van der Waals surface area contributed by atoms with E-state index in [2.05, 4.69) is 12.0 Å². The smallest absolute Gasteiger partial charge is 0.283 e. The highest BCUT2D eigenvalue weighted by atomic mass is 16.2. The lowest BCUT2D eigenvalue weighted by Gasteiger charge is -2.16. The third kappa shape index (κ3) is 1.61. The van der Waals surface area contributed by atoms with Crippen LogP contribution in [0.3, 0.4) is 0 Å². The number of carbonyl (C=O) groups excluding carboxylic acids is 3. The molecule has 0 fully saturated rings. The second-order valence-electron chi connectivity index (χ2n) is 3.62. The van der Waals surface area contributed by atoms with Crippen molar-refractivity contribution in [2.45, 2.75) is 6.92 Å². The number of Topliss-reactive ketones (excluding diaryl/α,β-unsaturated/α-hetero) is 1. The minimum atomic E-state index is -0.760. The Kier molecular flexibility index (Phi) is 2.51. The van der Waals surface area contributed by atoms with Crippen molar-refractivity contribution in [2.75, 3.05) is 5.01 Å². The maximum absolute atomic E-state index is 11.7. The molecule has 17 heavy (non-hydrogen) atoms. The molecule has 0 saturated carbocycles. The summed E-state index contributed by atoms with van der Waals surface area (Å²) in [6.45, 7) is 5.02. The summed E-state index contributed by atoms with van der Waals surface area (Å²) in [6.07, 6.45) is 1.03. The molecular formula is C12H10N2O3. The Labute approximate surface area is 97.7 Å². The number of ketones is 1. The van der Waals surface area contributed by atoms with E-state index in [1.807, 2.05) is 0 Å². The van der Waals surface area contributed by atoms with Gasteiger partial charge in [-0.15, -0.1) is 0 Å². The van der Waals surface area contributed by atoms with Gasteiger partial charge in [-0.2, -0.15) is 0 Å². The number of anilines is 1. The average molecular weight is 230 g/mol. The van der Waals surface area contributed by atoms with Crippen molar-refractivity contribution in [3.63, 3.8) is 0 Å². The van der Waals surface area contributed by atoms with Crippen molar-refractivity contribution >= 4 is 23.3 Å². The lowest BCUT2D eigenvalue weighted by Crippen LogP contribution is -2.44. The first-order chi connectivity index (χ1) is 8.06. The average Bonchev–Trinajstić information content (AvgIpc) is 2.55. The molecule has 0 aliphatic carbocycles. The fourth-order valence-electron chi connectivity index (χ4n) is 1.72. The SMILES string of the molecule is C=CC(=O)NN1C(=O)C(=O)c2c(C)cccc21. The number of hydrazine groups is 1. The summed E-state index contributed by atoms with van der Waals surface area (Å²) in [4.78, 5) is 34.6. The van der Waals surface area contributed by atoms with E-state index in [1.54, 1.807) is 25.1 Å². The van der Waals surface area contributed by atoms with Crippen LogP contribution in [0.15, 0.2) is 30.9 Å². The van der Waals surface area contributed by atoms with Crippen LogP contribution in [0.1, 0.15) is 15.9 Å². The van der Waals surface area contributed by atoms with Gasteiger partial charge in [0.1, 0.15) is 0 Å². The van der Waals surface area contributed by atoms with Crippen LogP contribution in [-0.2, 0) is 9.59 Å². The van der Waals surface area contributed by atoms with Gasteiger partial charge in [0.2, 0.25) is 0 Å². The molecule has 1 N–H and O–H groups in total. The lowest BCUT2D eigenvalue weighted by molar-refractivity contribution is -0.121. The molecule has 0 bridgehead atoms. The molecule has 0 atom stereocenters. The minimum Gasteiger partial charge on any atom is -0.283 e. The Morgan fingerprint density at radius 1 is 1.41 bits per heavy atom. The number of nitrogens with one attached hydrogen (secondary N) is 1. The fourth-order valence-corrected chi connectivity index (χ4v) is 1.72. The van der Waals surface area contributed by atoms with E-state index in [1.165, 1.54) is 0 Å². The van der Waals surface area contributed by atoms with Gasteiger partial charge in [0, 0.05) is 0 Å². The van der Waals surface area contributed by atoms with Crippen LogP contribution in [0.5, 0.6) is 0 Å². The number of amides is 2. The standard InChI is InChI=1S/C12H10N2O3/c1-3-9(15)13-14-8-6-4-5-7(2)10(8)11(16)12(14)17/h3-6H,1H2,2H3,(H,13,15). The van der Waals surface area contributed by atoms with Crippen molar-refractivity contribution in [2.24, 2.45) is 0 Å². The Morgan fingerprint density at radius 2 is 2.12 bits per heavy atom. The van der Waals surface area contributed by atoms with Gasteiger partial charge in [-0.1, -0.05) is 18.7 Å². The number of carbonyl (C=O) groups is 3. The Bertz CT molecular complexity index is 549. The molecule has 0 aromatic heterocycles. The molecule has 1 aromatic rings. The largest absolute Gasteiger partial charge is 0.318 e. The van der Waals surface area contributed by atoms with E-state index in [9.17, 15) is 14.4 Å². The minimum absolute atomic E-state index is 0.335. The molecule has 1 aliphatic heterocycles. The summed E-state index contributed by atoms with van der Waals surface area (Å²) in [5, 5.41) is 0.953. The number of fused-ring (bicyclic) bond motifs is 1. The van der Waals surface area contributed by atoms with Crippen LogP contribution >= 0.6 is 0 Å². The number of aryl methyl sites for hydroxylation is 1. The van der Waals surface area contributed by atoms with E-state index >= 15 is 0 Å². The molecule has 2 amide bonds. The number of hydrogen-bond acceptors (Lipinski definition) is 3. The Hall–Kier alpha value is -2.43. The molecular weight excluding hydrogens is 220 g/mol. The summed E-state index contributed by atoms with van der Waals surface area (Å²) in [5.41, 5.74) is 3.74. The molecule has 0 spiro atoms. The predicted molar refractivity (Wildman–Crippen MR) is 61.3 cm³/mol. The number of benzene rings is 1. The normalized spacial score (nSPS) is 13.6. The van der Waals surface area contributed by atoms with Gasteiger partial charge < -0.3 is 0 Å².